The number of carboxylic acids is 1. The van der Waals surface area contributed by atoms with Crippen LogP contribution in [0.5, 0.6) is 0 Å². The van der Waals surface area contributed by atoms with Crippen molar-refractivity contribution >= 4 is 17.7 Å². The molecule has 7 heteroatoms. The molecule has 1 atom stereocenters. The van der Waals surface area contributed by atoms with Gasteiger partial charge in [0.2, 0.25) is 5.91 Å². The van der Waals surface area contributed by atoms with Crippen LogP contribution < -0.4 is 5.32 Å². The molecule has 98 valence electrons. The average molecular weight is 253 g/mol. The fourth-order valence-corrected chi connectivity index (χ4v) is 1.86. The Kier molecular flexibility index (Phi) is 3.93. The van der Waals surface area contributed by atoms with Crippen LogP contribution in [0.15, 0.2) is 6.07 Å². The number of carbonyl (C=O) groups excluding carboxylic acids is 1. The summed E-state index contributed by atoms with van der Waals surface area (Å²) >= 11 is 0. The predicted octanol–water partition coefficient (Wildman–Crippen LogP) is 1.01. The normalized spacial score (nSPS) is 19.4. The van der Waals surface area contributed by atoms with Gasteiger partial charge in [0.05, 0.1) is 12.5 Å². The number of aromatic carboxylic acids is 1. The molecule has 1 unspecified atom stereocenters. The highest BCUT2D eigenvalue weighted by molar-refractivity contribution is 5.92. The maximum Gasteiger partial charge on any atom is 0.353 e. The lowest BCUT2D eigenvalue weighted by Crippen LogP contribution is -2.25. The molecule has 1 aromatic heterocycles. The second kappa shape index (κ2) is 5.63. The van der Waals surface area contributed by atoms with Crippen LogP contribution in [0.1, 0.15) is 36.2 Å². The van der Waals surface area contributed by atoms with Crippen LogP contribution in [0.2, 0.25) is 0 Å². The molecular weight excluding hydrogens is 238 g/mol. The molecule has 2 heterocycles. The molecule has 18 heavy (non-hydrogen) atoms. The monoisotopic (exact) mass is 253 g/mol. The van der Waals surface area contributed by atoms with Gasteiger partial charge in [0.15, 0.2) is 5.82 Å². The molecule has 1 fully saturated rings. The van der Waals surface area contributed by atoms with Crippen molar-refractivity contribution < 1.29 is 19.4 Å². The Hall–Kier alpha value is -1.89. The van der Waals surface area contributed by atoms with Crippen molar-refractivity contribution in [1.82, 2.24) is 10.2 Å². The number of carbonyl (C=O) groups is 2. The van der Waals surface area contributed by atoms with Gasteiger partial charge in [-0.25, -0.2) is 4.79 Å². The molecule has 1 aliphatic rings. The zero-order chi connectivity index (χ0) is 13.0. The molecule has 0 radical (unpaired) electrons. The number of H-pyrrole nitrogens is 1. The first-order valence-corrected chi connectivity index (χ1v) is 5.85. The second-order valence-electron chi connectivity index (χ2n) is 4.21. The van der Waals surface area contributed by atoms with E-state index in [1.165, 1.54) is 6.07 Å². The number of nitrogens with zero attached hydrogens (tertiary/aromatic N) is 1. The molecular formula is C11H15N3O4. The summed E-state index contributed by atoms with van der Waals surface area (Å²) in [5, 5.41) is 17.2. The molecule has 1 aliphatic heterocycles. The van der Waals surface area contributed by atoms with Gasteiger partial charge in [-0.1, -0.05) is 0 Å². The van der Waals surface area contributed by atoms with E-state index in [2.05, 4.69) is 15.5 Å². The quantitative estimate of drug-likeness (QED) is 0.742. The van der Waals surface area contributed by atoms with Gasteiger partial charge in [0, 0.05) is 12.7 Å². The molecule has 1 amide bonds. The van der Waals surface area contributed by atoms with Crippen LogP contribution in [0.3, 0.4) is 0 Å². The number of hydrogen-bond acceptors (Lipinski definition) is 4. The van der Waals surface area contributed by atoms with Crippen LogP contribution in [-0.2, 0) is 9.53 Å². The lowest BCUT2D eigenvalue weighted by Gasteiger charge is -2.21. The standard InChI is InChI=1S/C11H15N3O4/c15-10(5-7-3-1-2-4-18-7)12-9-6-8(11(16)17)13-14-9/h6-7H,1-5H2,(H,16,17)(H2,12,13,14,15). The highest BCUT2D eigenvalue weighted by atomic mass is 16.5. The minimum atomic E-state index is -1.11. The van der Waals surface area contributed by atoms with Gasteiger partial charge in [-0.3, -0.25) is 9.89 Å². The number of ether oxygens (including phenoxy) is 1. The molecule has 0 spiro atoms. The first-order chi connectivity index (χ1) is 8.65. The number of amides is 1. The number of aromatic amines is 1. The minimum absolute atomic E-state index is 0.0448. The van der Waals surface area contributed by atoms with Crippen molar-refractivity contribution in [2.45, 2.75) is 31.8 Å². The topological polar surface area (TPSA) is 104 Å². The van der Waals surface area contributed by atoms with E-state index in [9.17, 15) is 9.59 Å². The molecule has 3 N–H and O–H groups in total. The second-order valence-corrected chi connectivity index (χ2v) is 4.21. The number of hydrogen-bond donors (Lipinski definition) is 3. The van der Waals surface area contributed by atoms with Gasteiger partial charge in [-0.05, 0) is 19.3 Å². The Labute approximate surface area is 104 Å². The van der Waals surface area contributed by atoms with Crippen molar-refractivity contribution in [3.8, 4) is 0 Å². The number of rotatable bonds is 4. The molecule has 0 bridgehead atoms. The van der Waals surface area contributed by atoms with Gasteiger partial charge < -0.3 is 15.2 Å². The van der Waals surface area contributed by atoms with Gasteiger partial charge >= 0.3 is 5.97 Å². The summed E-state index contributed by atoms with van der Waals surface area (Å²) in [6.45, 7) is 0.698. The third-order valence-electron chi connectivity index (χ3n) is 2.76. The fraction of sp³-hybridized carbons (Fsp3) is 0.545. The minimum Gasteiger partial charge on any atom is -0.477 e. The van der Waals surface area contributed by atoms with Crippen LogP contribution in [0.25, 0.3) is 0 Å². The summed E-state index contributed by atoms with van der Waals surface area (Å²) in [7, 11) is 0. The Bertz CT molecular complexity index is 437. The van der Waals surface area contributed by atoms with Crippen LogP contribution in [-0.4, -0.2) is 39.9 Å². The maximum absolute atomic E-state index is 11.7. The van der Waals surface area contributed by atoms with Crippen LogP contribution in [0.4, 0.5) is 5.82 Å². The lowest BCUT2D eigenvalue weighted by atomic mass is 10.1. The number of carboxylic acid groups (broad SMARTS) is 1. The summed E-state index contributed by atoms with van der Waals surface area (Å²) < 4.78 is 5.45. The van der Waals surface area contributed by atoms with Crippen molar-refractivity contribution in [3.05, 3.63) is 11.8 Å². The molecule has 1 aromatic rings. The Morgan fingerprint density at radius 2 is 2.39 bits per heavy atom. The zero-order valence-electron chi connectivity index (χ0n) is 9.81. The Morgan fingerprint density at radius 3 is 3.00 bits per heavy atom. The van der Waals surface area contributed by atoms with Crippen LogP contribution >= 0.6 is 0 Å². The van der Waals surface area contributed by atoms with Gasteiger partial charge in [0.25, 0.3) is 0 Å². The molecule has 1 saturated heterocycles. The largest absolute Gasteiger partial charge is 0.477 e. The lowest BCUT2D eigenvalue weighted by molar-refractivity contribution is -0.119. The molecule has 0 saturated carbocycles. The van der Waals surface area contributed by atoms with E-state index in [0.29, 0.717) is 6.61 Å². The molecule has 7 nitrogen and oxygen atoms in total. The summed E-state index contributed by atoms with van der Waals surface area (Å²) in [5.41, 5.74) is -0.0563. The van der Waals surface area contributed by atoms with Crippen molar-refractivity contribution in [3.63, 3.8) is 0 Å². The molecule has 0 aliphatic carbocycles. The Morgan fingerprint density at radius 1 is 1.56 bits per heavy atom. The summed E-state index contributed by atoms with van der Waals surface area (Å²) in [4.78, 5) is 22.3. The van der Waals surface area contributed by atoms with Gasteiger partial charge in [-0.15, -0.1) is 0 Å². The van der Waals surface area contributed by atoms with E-state index >= 15 is 0 Å². The first-order valence-electron chi connectivity index (χ1n) is 5.85. The van der Waals surface area contributed by atoms with Gasteiger partial charge in [-0.2, -0.15) is 5.10 Å². The van der Waals surface area contributed by atoms with E-state index in [0.717, 1.165) is 19.3 Å². The van der Waals surface area contributed by atoms with E-state index in [1.807, 2.05) is 0 Å². The van der Waals surface area contributed by atoms with E-state index < -0.39 is 5.97 Å². The van der Waals surface area contributed by atoms with E-state index in [1.54, 1.807) is 0 Å². The van der Waals surface area contributed by atoms with Crippen molar-refractivity contribution in [2.24, 2.45) is 0 Å². The summed E-state index contributed by atoms with van der Waals surface area (Å²) in [6, 6.07) is 1.28. The Balaban J connectivity index is 1.84. The number of anilines is 1. The third kappa shape index (κ3) is 3.30. The highest BCUT2D eigenvalue weighted by Crippen LogP contribution is 2.16. The summed E-state index contributed by atoms with van der Waals surface area (Å²) in [6.07, 6.45) is 3.23. The number of aromatic nitrogens is 2. The highest BCUT2D eigenvalue weighted by Gasteiger charge is 2.18. The van der Waals surface area contributed by atoms with E-state index in [4.69, 9.17) is 9.84 Å². The molecule has 0 aromatic carbocycles. The maximum atomic E-state index is 11.7. The number of nitrogens with one attached hydrogen (secondary N) is 2. The van der Waals surface area contributed by atoms with Crippen molar-refractivity contribution in [2.75, 3.05) is 11.9 Å². The third-order valence-corrected chi connectivity index (χ3v) is 2.76. The predicted molar refractivity (Wildman–Crippen MR) is 62.4 cm³/mol. The van der Waals surface area contributed by atoms with Crippen LogP contribution in [0, 0.1) is 0 Å². The zero-order valence-corrected chi connectivity index (χ0v) is 9.81. The fourth-order valence-electron chi connectivity index (χ4n) is 1.86. The smallest absolute Gasteiger partial charge is 0.353 e. The molecule has 2 rings (SSSR count). The first kappa shape index (κ1) is 12.6. The average Bonchev–Trinajstić information content (AvgIpc) is 2.78. The summed E-state index contributed by atoms with van der Waals surface area (Å²) in [5.74, 6) is -1.11. The van der Waals surface area contributed by atoms with Crippen molar-refractivity contribution in [1.29, 1.82) is 0 Å². The van der Waals surface area contributed by atoms with Gasteiger partial charge in [0.1, 0.15) is 5.69 Å². The SMILES string of the molecule is O=C(CC1CCCCO1)Nc1cc(C(=O)O)[nH]n1. The van der Waals surface area contributed by atoms with E-state index in [-0.39, 0.29) is 29.9 Å².